The summed E-state index contributed by atoms with van der Waals surface area (Å²) in [5.74, 6) is 1.89. The van der Waals surface area contributed by atoms with Gasteiger partial charge in [0.15, 0.2) is 16.6 Å². The zero-order chi connectivity index (χ0) is 19.4. The van der Waals surface area contributed by atoms with E-state index in [1.165, 1.54) is 0 Å². The van der Waals surface area contributed by atoms with Crippen molar-refractivity contribution in [2.75, 3.05) is 19.5 Å². The van der Waals surface area contributed by atoms with Gasteiger partial charge in [-0.25, -0.2) is 15.0 Å². The lowest BCUT2D eigenvalue weighted by Crippen LogP contribution is -2.31. The Kier molecular flexibility index (Phi) is 5.51. The number of pyridine rings is 1. The summed E-state index contributed by atoms with van der Waals surface area (Å²) in [4.78, 5) is 13.5. The molecule has 1 unspecified atom stereocenters. The monoisotopic (exact) mass is 384 g/mol. The molecule has 1 atom stereocenters. The number of nitrogens with one attached hydrogen (secondary N) is 2. The average Bonchev–Trinajstić information content (AvgIpc) is 2.66. The van der Waals surface area contributed by atoms with Crippen molar-refractivity contribution in [2.45, 2.75) is 13.0 Å². The van der Waals surface area contributed by atoms with Crippen LogP contribution in [0, 0.1) is 0 Å². The van der Waals surface area contributed by atoms with Gasteiger partial charge in [-0.3, -0.25) is 0 Å². The van der Waals surface area contributed by atoms with E-state index in [-0.39, 0.29) is 11.2 Å². The lowest BCUT2D eigenvalue weighted by Gasteiger charge is -2.13. The molecule has 0 spiro atoms. The number of nitrogens with two attached hydrogens (primary N) is 1. The van der Waals surface area contributed by atoms with Gasteiger partial charge >= 0.3 is 0 Å². The molecule has 0 saturated carbocycles. The fourth-order valence-corrected chi connectivity index (χ4v) is 2.71. The van der Waals surface area contributed by atoms with E-state index >= 15 is 0 Å². The molecule has 4 N–H and O–H groups in total. The topological polar surface area (TPSA) is 107 Å². The highest BCUT2D eigenvalue weighted by Crippen LogP contribution is 2.27. The first-order valence-electron chi connectivity index (χ1n) is 8.18. The molecule has 2 aromatic heterocycles. The summed E-state index contributed by atoms with van der Waals surface area (Å²) in [6.07, 6.45) is 1.65. The number of thiocarbonyl (C=S) groups is 1. The van der Waals surface area contributed by atoms with Gasteiger partial charge in [0, 0.05) is 23.9 Å². The maximum absolute atomic E-state index is 5.53. The van der Waals surface area contributed by atoms with Gasteiger partial charge in [0.05, 0.1) is 32.2 Å². The number of hydrogen-bond acceptors (Lipinski definition) is 7. The SMILES string of the molecule is COc1cc(Nc2cnc3ccc(C(C)NC(N)=S)nc3n2)cc(OC)c1. The maximum Gasteiger partial charge on any atom is 0.180 e. The molecule has 140 valence electrons. The Morgan fingerprint density at radius 3 is 2.44 bits per heavy atom. The fraction of sp³-hybridized carbons (Fsp3) is 0.222. The van der Waals surface area contributed by atoms with Gasteiger partial charge in [-0.1, -0.05) is 0 Å². The Labute approximate surface area is 162 Å². The van der Waals surface area contributed by atoms with E-state index < -0.39 is 0 Å². The van der Waals surface area contributed by atoms with Crippen molar-refractivity contribution >= 4 is 40.0 Å². The number of rotatable bonds is 6. The average molecular weight is 384 g/mol. The van der Waals surface area contributed by atoms with E-state index in [2.05, 4.69) is 25.6 Å². The minimum atomic E-state index is -0.132. The zero-order valence-electron chi connectivity index (χ0n) is 15.2. The lowest BCUT2D eigenvalue weighted by molar-refractivity contribution is 0.395. The van der Waals surface area contributed by atoms with E-state index in [9.17, 15) is 0 Å². The van der Waals surface area contributed by atoms with Crippen LogP contribution in [0.3, 0.4) is 0 Å². The van der Waals surface area contributed by atoms with Crippen LogP contribution in [0.1, 0.15) is 18.7 Å². The molecule has 0 amide bonds. The van der Waals surface area contributed by atoms with Crippen molar-refractivity contribution in [3.05, 3.63) is 42.2 Å². The van der Waals surface area contributed by atoms with Gasteiger partial charge in [-0.15, -0.1) is 0 Å². The molecule has 2 heterocycles. The molecule has 0 aliphatic carbocycles. The summed E-state index contributed by atoms with van der Waals surface area (Å²) in [6.45, 7) is 1.92. The number of anilines is 2. The van der Waals surface area contributed by atoms with Gasteiger partial charge in [0.25, 0.3) is 0 Å². The van der Waals surface area contributed by atoms with E-state index in [1.807, 2.05) is 31.2 Å². The van der Waals surface area contributed by atoms with Gasteiger partial charge < -0.3 is 25.8 Å². The highest BCUT2D eigenvalue weighted by atomic mass is 32.1. The number of hydrogen-bond donors (Lipinski definition) is 3. The number of ether oxygens (including phenoxy) is 2. The Balaban J connectivity index is 1.90. The van der Waals surface area contributed by atoms with Gasteiger partial charge in [-0.05, 0) is 31.3 Å². The summed E-state index contributed by atoms with van der Waals surface area (Å²) < 4.78 is 10.6. The molecule has 0 radical (unpaired) electrons. The third-order valence-corrected chi connectivity index (χ3v) is 3.97. The summed E-state index contributed by atoms with van der Waals surface area (Å²) in [5.41, 5.74) is 8.27. The Bertz CT molecular complexity index is 959. The first kappa shape index (κ1) is 18.6. The van der Waals surface area contributed by atoms with Crippen molar-refractivity contribution in [3.63, 3.8) is 0 Å². The van der Waals surface area contributed by atoms with Crippen LogP contribution in [0.2, 0.25) is 0 Å². The van der Waals surface area contributed by atoms with E-state index in [4.69, 9.17) is 27.4 Å². The molecular weight excluding hydrogens is 364 g/mol. The molecule has 9 heteroatoms. The van der Waals surface area contributed by atoms with Gasteiger partial charge in [0.2, 0.25) is 0 Å². The second-order valence-electron chi connectivity index (χ2n) is 5.79. The van der Waals surface area contributed by atoms with Crippen LogP contribution in [0.5, 0.6) is 11.5 Å². The van der Waals surface area contributed by atoms with Crippen molar-refractivity contribution in [2.24, 2.45) is 5.73 Å². The van der Waals surface area contributed by atoms with Crippen LogP contribution in [-0.4, -0.2) is 34.3 Å². The molecule has 8 nitrogen and oxygen atoms in total. The van der Waals surface area contributed by atoms with E-state index in [0.29, 0.717) is 28.5 Å². The van der Waals surface area contributed by atoms with Gasteiger partial charge in [-0.2, -0.15) is 0 Å². The predicted molar refractivity (Wildman–Crippen MR) is 108 cm³/mol. The highest BCUT2D eigenvalue weighted by Gasteiger charge is 2.10. The largest absolute Gasteiger partial charge is 0.497 e. The lowest BCUT2D eigenvalue weighted by atomic mass is 10.2. The third kappa shape index (κ3) is 4.50. The van der Waals surface area contributed by atoms with Crippen LogP contribution in [-0.2, 0) is 0 Å². The van der Waals surface area contributed by atoms with Crippen molar-refractivity contribution in [1.29, 1.82) is 0 Å². The first-order valence-corrected chi connectivity index (χ1v) is 8.59. The quantitative estimate of drug-likeness (QED) is 0.553. The number of nitrogens with zero attached hydrogens (tertiary/aromatic N) is 3. The molecule has 0 aliphatic rings. The summed E-state index contributed by atoms with van der Waals surface area (Å²) >= 11 is 4.88. The second-order valence-corrected chi connectivity index (χ2v) is 6.23. The molecule has 3 aromatic rings. The zero-order valence-corrected chi connectivity index (χ0v) is 16.0. The summed E-state index contributed by atoms with van der Waals surface area (Å²) in [6, 6.07) is 9.07. The number of methoxy groups -OCH3 is 2. The first-order chi connectivity index (χ1) is 13.0. The Morgan fingerprint density at radius 1 is 1.11 bits per heavy atom. The highest BCUT2D eigenvalue weighted by molar-refractivity contribution is 7.80. The molecule has 0 bridgehead atoms. The molecule has 3 rings (SSSR count). The van der Waals surface area contributed by atoms with E-state index in [1.54, 1.807) is 26.5 Å². The van der Waals surface area contributed by atoms with Crippen molar-refractivity contribution in [3.8, 4) is 11.5 Å². The number of benzene rings is 1. The predicted octanol–water partition coefficient (Wildman–Crippen LogP) is 2.68. The standard InChI is InChI=1S/C18H20N6O2S/c1-10(21-18(19)27)14-4-5-15-17(23-14)24-16(9-20-15)22-11-6-12(25-2)8-13(7-11)26-3/h4-10H,1-3H3,(H3,19,21,27)(H,22,23,24). The fourth-order valence-electron chi connectivity index (χ4n) is 2.53. The minimum Gasteiger partial charge on any atom is -0.497 e. The molecule has 27 heavy (non-hydrogen) atoms. The van der Waals surface area contributed by atoms with Crippen molar-refractivity contribution in [1.82, 2.24) is 20.3 Å². The third-order valence-electron chi connectivity index (χ3n) is 3.85. The normalized spacial score (nSPS) is 11.7. The van der Waals surface area contributed by atoms with E-state index in [0.717, 1.165) is 11.4 Å². The molecule has 0 saturated heterocycles. The summed E-state index contributed by atoms with van der Waals surface area (Å²) in [5, 5.41) is 6.38. The van der Waals surface area contributed by atoms with Crippen molar-refractivity contribution < 1.29 is 9.47 Å². The molecule has 1 aromatic carbocycles. The van der Waals surface area contributed by atoms with Gasteiger partial charge in [0.1, 0.15) is 17.0 Å². The maximum atomic E-state index is 5.53. The molecule has 0 aliphatic heterocycles. The minimum absolute atomic E-state index is 0.132. The number of aromatic nitrogens is 3. The number of fused-ring (bicyclic) bond motifs is 1. The summed E-state index contributed by atoms with van der Waals surface area (Å²) in [7, 11) is 3.20. The van der Waals surface area contributed by atoms with Crippen LogP contribution < -0.4 is 25.8 Å². The van der Waals surface area contributed by atoms with Crippen LogP contribution >= 0.6 is 12.2 Å². The smallest absolute Gasteiger partial charge is 0.180 e. The van der Waals surface area contributed by atoms with Crippen LogP contribution in [0.15, 0.2) is 36.5 Å². The molecule has 0 fully saturated rings. The Morgan fingerprint density at radius 2 is 1.81 bits per heavy atom. The second kappa shape index (κ2) is 8.00. The van der Waals surface area contributed by atoms with Crippen LogP contribution in [0.4, 0.5) is 11.5 Å². The molecular formula is C18H20N6O2S. The Hall–Kier alpha value is -3.20. The van der Waals surface area contributed by atoms with Crippen LogP contribution in [0.25, 0.3) is 11.2 Å².